The lowest BCUT2D eigenvalue weighted by Crippen LogP contribution is -2.35. The second-order valence-corrected chi connectivity index (χ2v) is 6.96. The van der Waals surface area contributed by atoms with Crippen molar-refractivity contribution in [3.8, 4) is 16.3 Å². The van der Waals surface area contributed by atoms with Crippen molar-refractivity contribution in [2.75, 3.05) is 0 Å². The third kappa shape index (κ3) is 3.43. The van der Waals surface area contributed by atoms with E-state index < -0.39 is 12.1 Å². The van der Waals surface area contributed by atoms with Crippen LogP contribution >= 0.6 is 22.9 Å². The van der Waals surface area contributed by atoms with E-state index in [2.05, 4.69) is 9.72 Å². The zero-order valence-electron chi connectivity index (χ0n) is 13.1. The van der Waals surface area contributed by atoms with Crippen LogP contribution < -0.4 is 4.74 Å². The molecule has 8 heteroatoms. The summed E-state index contributed by atoms with van der Waals surface area (Å²) in [6.45, 7) is 3.15. The Morgan fingerprint density at radius 1 is 1.24 bits per heavy atom. The molecule has 0 saturated carbocycles. The number of carbonyl (C=O) groups is 1. The van der Waals surface area contributed by atoms with Crippen LogP contribution in [0.2, 0.25) is 5.02 Å². The van der Waals surface area contributed by atoms with Crippen molar-refractivity contribution in [3.05, 3.63) is 46.5 Å². The average molecular weight is 384 g/mol. The number of carboxylic acid groups (broad SMARTS) is 1. The summed E-state index contributed by atoms with van der Waals surface area (Å²) in [6, 6.07) is 8.66. The number of hydrogen-bond acceptors (Lipinski definition) is 4. The van der Waals surface area contributed by atoms with Crippen molar-refractivity contribution in [1.82, 2.24) is 4.98 Å². The number of fused-ring (bicyclic) bond motifs is 1. The minimum Gasteiger partial charge on any atom is -0.474 e. The van der Waals surface area contributed by atoms with Gasteiger partial charge in [0.2, 0.25) is 0 Å². The van der Waals surface area contributed by atoms with Crippen molar-refractivity contribution in [3.63, 3.8) is 0 Å². The highest BCUT2D eigenvalue weighted by atomic mass is 35.5. The Hall–Kier alpha value is -2.25. The Morgan fingerprint density at radius 2 is 1.88 bits per heavy atom. The van der Waals surface area contributed by atoms with Gasteiger partial charge >= 0.3 is 12.1 Å². The summed E-state index contributed by atoms with van der Waals surface area (Å²) in [4.78, 5) is 15.1. The van der Waals surface area contributed by atoms with Gasteiger partial charge in [0.1, 0.15) is 10.8 Å². The van der Waals surface area contributed by atoms with Crippen LogP contribution in [0, 0.1) is 13.8 Å². The number of rotatable bonds is 4. The van der Waals surface area contributed by atoms with Gasteiger partial charge in [-0.1, -0.05) is 11.6 Å². The average Bonchev–Trinajstić information content (AvgIpc) is 2.93. The topological polar surface area (TPSA) is 59.4 Å². The van der Waals surface area contributed by atoms with Crippen LogP contribution in [0.5, 0.6) is 5.75 Å². The molecule has 0 fully saturated rings. The fourth-order valence-electron chi connectivity index (χ4n) is 2.43. The number of halogens is 3. The van der Waals surface area contributed by atoms with Crippen LogP contribution in [0.3, 0.4) is 0 Å². The number of nitrogens with zero attached hydrogens (tertiary/aromatic N) is 1. The molecule has 1 heterocycles. The number of aliphatic carboxylic acids is 1. The van der Waals surface area contributed by atoms with Gasteiger partial charge < -0.3 is 9.84 Å². The molecule has 0 aliphatic heterocycles. The first-order chi connectivity index (χ1) is 11.7. The lowest BCUT2D eigenvalue weighted by molar-refractivity contribution is -0.211. The highest BCUT2D eigenvalue weighted by molar-refractivity contribution is 7.21. The summed E-state index contributed by atoms with van der Waals surface area (Å²) < 4.78 is 32.1. The number of benzene rings is 2. The van der Waals surface area contributed by atoms with E-state index in [1.54, 1.807) is 38.1 Å². The number of thiazole rings is 1. The van der Waals surface area contributed by atoms with Crippen molar-refractivity contribution < 1.29 is 23.4 Å². The molecule has 2 aromatic carbocycles. The van der Waals surface area contributed by atoms with E-state index in [9.17, 15) is 13.6 Å². The van der Waals surface area contributed by atoms with E-state index in [-0.39, 0.29) is 5.75 Å². The van der Waals surface area contributed by atoms with Crippen LogP contribution in [0.25, 0.3) is 20.8 Å². The second kappa shape index (κ2) is 6.24. The lowest BCUT2D eigenvalue weighted by Gasteiger charge is -2.17. The minimum absolute atomic E-state index is 0.152. The first-order valence-corrected chi connectivity index (χ1v) is 8.35. The molecular formula is C17H12ClF2NO3S. The van der Waals surface area contributed by atoms with E-state index in [1.165, 1.54) is 11.3 Å². The van der Waals surface area contributed by atoms with Gasteiger partial charge in [-0.3, -0.25) is 0 Å². The Labute approximate surface area is 150 Å². The molecule has 0 atom stereocenters. The molecule has 25 heavy (non-hydrogen) atoms. The molecule has 3 aromatic rings. The summed E-state index contributed by atoms with van der Waals surface area (Å²) >= 11 is 7.41. The summed E-state index contributed by atoms with van der Waals surface area (Å²) in [6.07, 6.45) is -4.29. The molecule has 130 valence electrons. The molecule has 3 rings (SSSR count). The molecule has 0 aliphatic carbocycles. The van der Waals surface area contributed by atoms with Crippen LogP contribution in [-0.4, -0.2) is 22.2 Å². The summed E-state index contributed by atoms with van der Waals surface area (Å²) in [7, 11) is 0. The molecule has 1 aromatic heterocycles. The molecule has 0 unspecified atom stereocenters. The molecule has 0 radical (unpaired) electrons. The van der Waals surface area contributed by atoms with Gasteiger partial charge in [0, 0.05) is 10.6 Å². The van der Waals surface area contributed by atoms with E-state index >= 15 is 0 Å². The Bertz CT molecular complexity index is 964. The zero-order valence-corrected chi connectivity index (χ0v) is 14.7. The number of aromatic nitrogens is 1. The predicted molar refractivity (Wildman–Crippen MR) is 92.8 cm³/mol. The van der Waals surface area contributed by atoms with Crippen molar-refractivity contribution in [2.45, 2.75) is 20.0 Å². The number of aryl methyl sites for hydroxylation is 2. The largest absolute Gasteiger partial charge is 0.501 e. The smallest absolute Gasteiger partial charge is 0.474 e. The number of ether oxygens (including phenoxy) is 1. The highest BCUT2D eigenvalue weighted by Crippen LogP contribution is 2.36. The monoisotopic (exact) mass is 383 g/mol. The summed E-state index contributed by atoms with van der Waals surface area (Å²) in [5, 5.41) is 9.81. The predicted octanol–water partition coefficient (Wildman–Crippen LogP) is 5.29. The summed E-state index contributed by atoms with van der Waals surface area (Å²) in [5.41, 5.74) is 2.28. The van der Waals surface area contributed by atoms with Gasteiger partial charge in [0.15, 0.2) is 0 Å². The quantitative estimate of drug-likeness (QED) is 0.665. The van der Waals surface area contributed by atoms with Crippen LogP contribution in [0.1, 0.15) is 11.1 Å². The SMILES string of the molecule is Cc1cc(-c2nc3cc(Cl)ccc3s2)cc(C)c1OC(F)(F)C(=O)O. The third-order valence-corrected chi connectivity index (χ3v) is 4.86. The highest BCUT2D eigenvalue weighted by Gasteiger charge is 2.43. The zero-order chi connectivity index (χ0) is 18.4. The van der Waals surface area contributed by atoms with Crippen molar-refractivity contribution in [1.29, 1.82) is 0 Å². The molecule has 4 nitrogen and oxygen atoms in total. The fourth-order valence-corrected chi connectivity index (χ4v) is 3.53. The maximum absolute atomic E-state index is 13.3. The van der Waals surface area contributed by atoms with E-state index in [1.807, 2.05) is 6.07 Å². The summed E-state index contributed by atoms with van der Waals surface area (Å²) in [5.74, 6) is -2.49. The van der Waals surface area contributed by atoms with Gasteiger partial charge in [-0.05, 0) is 55.3 Å². The van der Waals surface area contributed by atoms with Crippen LogP contribution in [0.15, 0.2) is 30.3 Å². The Morgan fingerprint density at radius 3 is 2.48 bits per heavy atom. The Balaban J connectivity index is 2.02. The van der Waals surface area contributed by atoms with Crippen LogP contribution in [-0.2, 0) is 4.79 Å². The van der Waals surface area contributed by atoms with Gasteiger partial charge in [-0.25, -0.2) is 9.78 Å². The minimum atomic E-state index is -4.29. The molecule has 0 bridgehead atoms. The van der Waals surface area contributed by atoms with Crippen LogP contribution in [0.4, 0.5) is 8.78 Å². The Kier molecular flexibility index (Phi) is 4.38. The maximum atomic E-state index is 13.3. The molecular weight excluding hydrogens is 372 g/mol. The van der Waals surface area contributed by atoms with Gasteiger partial charge in [-0.2, -0.15) is 8.78 Å². The molecule has 1 N–H and O–H groups in total. The number of alkyl halides is 2. The molecule has 0 spiro atoms. The van der Waals surface area contributed by atoms with E-state index in [0.29, 0.717) is 21.2 Å². The molecule has 0 aliphatic rings. The first kappa shape index (κ1) is 17.6. The standard InChI is InChI=1S/C17H12ClF2NO3S/c1-8-5-10(6-9(2)14(8)24-17(19,20)16(22)23)15-21-12-7-11(18)3-4-13(12)25-15/h3-7H,1-2H3,(H,22,23). The molecule has 0 saturated heterocycles. The molecule has 0 amide bonds. The van der Waals surface area contributed by atoms with Gasteiger partial charge in [-0.15, -0.1) is 11.3 Å². The number of carboxylic acids is 1. The third-order valence-electron chi connectivity index (χ3n) is 3.54. The normalized spacial score (nSPS) is 11.7. The van der Waals surface area contributed by atoms with Gasteiger partial charge in [0.05, 0.1) is 10.2 Å². The van der Waals surface area contributed by atoms with E-state index in [0.717, 1.165) is 15.8 Å². The second-order valence-electron chi connectivity index (χ2n) is 5.49. The van der Waals surface area contributed by atoms with Gasteiger partial charge in [0.25, 0.3) is 0 Å². The first-order valence-electron chi connectivity index (χ1n) is 7.15. The number of hydrogen-bond donors (Lipinski definition) is 1. The van der Waals surface area contributed by atoms with Crippen molar-refractivity contribution >= 4 is 39.1 Å². The lowest BCUT2D eigenvalue weighted by atomic mass is 10.1. The van der Waals surface area contributed by atoms with Crippen molar-refractivity contribution in [2.24, 2.45) is 0 Å². The maximum Gasteiger partial charge on any atom is 0.501 e. The van der Waals surface area contributed by atoms with E-state index in [4.69, 9.17) is 16.7 Å². The fraction of sp³-hybridized carbons (Fsp3) is 0.176.